The second kappa shape index (κ2) is 3.78. The molecule has 0 fully saturated rings. The summed E-state index contributed by atoms with van der Waals surface area (Å²) in [6.07, 6.45) is 0. The van der Waals surface area contributed by atoms with Gasteiger partial charge < -0.3 is 9.68 Å². The quantitative estimate of drug-likeness (QED) is 0.755. The topological polar surface area (TPSA) is 29.5 Å². The predicted molar refractivity (Wildman–Crippen MR) is 48.9 cm³/mol. The van der Waals surface area contributed by atoms with E-state index in [2.05, 4.69) is 15.9 Å². The van der Waals surface area contributed by atoms with E-state index in [1.807, 2.05) is 25.1 Å². The van der Waals surface area contributed by atoms with Gasteiger partial charge in [-0.15, -0.1) is 0 Å². The fourth-order valence-corrected chi connectivity index (χ4v) is 1.45. The van der Waals surface area contributed by atoms with Crippen molar-refractivity contribution in [2.24, 2.45) is 0 Å². The number of rotatable bonds is 2. The Morgan fingerprint density at radius 1 is 1.45 bits per heavy atom. The van der Waals surface area contributed by atoms with Crippen molar-refractivity contribution in [3.05, 3.63) is 28.2 Å². The zero-order valence-corrected chi connectivity index (χ0v) is 7.76. The summed E-state index contributed by atoms with van der Waals surface area (Å²) in [6.45, 7) is 1.97. The highest BCUT2D eigenvalue weighted by Gasteiger charge is 1.96. The lowest BCUT2D eigenvalue weighted by Crippen LogP contribution is -1.99. The van der Waals surface area contributed by atoms with Crippen LogP contribution in [0.5, 0.6) is 5.75 Å². The highest BCUT2D eigenvalue weighted by atomic mass is 79.9. The summed E-state index contributed by atoms with van der Waals surface area (Å²) >= 11 is 3.32. The summed E-state index contributed by atoms with van der Waals surface area (Å²) < 4.78 is 5.85. The van der Waals surface area contributed by atoms with Gasteiger partial charge in [0.2, 0.25) is 0 Å². The molecule has 0 spiro atoms. The van der Waals surface area contributed by atoms with Crippen LogP contribution < -0.4 is 4.65 Å². The van der Waals surface area contributed by atoms with Crippen LogP contribution in [-0.2, 0) is 0 Å². The third-order valence-corrected chi connectivity index (χ3v) is 1.70. The summed E-state index contributed by atoms with van der Waals surface area (Å²) in [7, 11) is -0.282. The summed E-state index contributed by atoms with van der Waals surface area (Å²) in [6, 6.07) is 5.65. The number of benzene rings is 1. The van der Waals surface area contributed by atoms with Gasteiger partial charge in [0.25, 0.3) is 0 Å². The minimum atomic E-state index is -0.282. The van der Waals surface area contributed by atoms with Crippen LogP contribution in [-0.4, -0.2) is 12.7 Å². The Labute approximate surface area is 74.6 Å². The third-order valence-electron chi connectivity index (χ3n) is 1.25. The number of aryl methyl sites for hydroxylation is 1. The minimum Gasteiger partial charge on any atom is -0.539 e. The van der Waals surface area contributed by atoms with Crippen molar-refractivity contribution in [1.29, 1.82) is 0 Å². The summed E-state index contributed by atoms with van der Waals surface area (Å²) in [5.74, 6) is 0.680. The van der Waals surface area contributed by atoms with Crippen molar-refractivity contribution in [3.8, 4) is 5.75 Å². The average Bonchev–Trinajstić information content (AvgIpc) is 1.85. The molecule has 4 heteroatoms. The van der Waals surface area contributed by atoms with Crippen LogP contribution in [0.3, 0.4) is 0 Å². The first-order chi connectivity index (χ1) is 5.22. The molecule has 1 N–H and O–H groups in total. The van der Waals surface area contributed by atoms with Crippen molar-refractivity contribution in [2.75, 3.05) is 0 Å². The standard InChI is InChI=1S/C7H8BBrO2/c1-5-2-6(9)4-7(3-5)11-8-10/h2-4,8,10H,1H3. The lowest BCUT2D eigenvalue weighted by atomic mass is 10.2. The average molecular weight is 215 g/mol. The molecular formula is C7H8BBrO2. The predicted octanol–water partition coefficient (Wildman–Crippen LogP) is 1.40. The highest BCUT2D eigenvalue weighted by molar-refractivity contribution is 9.10. The lowest BCUT2D eigenvalue weighted by Gasteiger charge is -2.03. The van der Waals surface area contributed by atoms with Crippen LogP contribution in [0.15, 0.2) is 22.7 Å². The van der Waals surface area contributed by atoms with E-state index in [0.29, 0.717) is 5.75 Å². The Kier molecular flexibility index (Phi) is 2.97. The van der Waals surface area contributed by atoms with Crippen molar-refractivity contribution in [3.63, 3.8) is 0 Å². The second-order valence-corrected chi connectivity index (χ2v) is 3.15. The molecule has 0 amide bonds. The van der Waals surface area contributed by atoms with Gasteiger partial charge in [0, 0.05) is 4.47 Å². The monoisotopic (exact) mass is 214 g/mol. The van der Waals surface area contributed by atoms with Gasteiger partial charge in [-0.2, -0.15) is 0 Å². The summed E-state index contributed by atoms with van der Waals surface area (Å²) in [5, 5.41) is 8.46. The van der Waals surface area contributed by atoms with E-state index in [-0.39, 0.29) is 7.69 Å². The van der Waals surface area contributed by atoms with Crippen molar-refractivity contribution >= 4 is 23.6 Å². The van der Waals surface area contributed by atoms with Crippen LogP contribution in [0.1, 0.15) is 5.56 Å². The fourth-order valence-electron chi connectivity index (χ4n) is 0.861. The molecule has 0 aromatic heterocycles. The van der Waals surface area contributed by atoms with Gasteiger partial charge in [-0.3, -0.25) is 0 Å². The second-order valence-electron chi connectivity index (χ2n) is 2.24. The first kappa shape index (κ1) is 8.62. The SMILES string of the molecule is Cc1cc(Br)cc(OBO)c1. The molecule has 2 nitrogen and oxygen atoms in total. The Bertz CT molecular complexity index is 232. The van der Waals surface area contributed by atoms with Crippen LogP contribution >= 0.6 is 15.9 Å². The van der Waals surface area contributed by atoms with Crippen LogP contribution in [0.2, 0.25) is 0 Å². The van der Waals surface area contributed by atoms with Gasteiger partial charge in [-0.1, -0.05) is 15.9 Å². The number of hydrogen-bond donors (Lipinski definition) is 1. The molecule has 0 saturated carbocycles. The van der Waals surface area contributed by atoms with Gasteiger partial charge in [0.05, 0.1) is 0 Å². The molecular weight excluding hydrogens is 207 g/mol. The van der Waals surface area contributed by atoms with Crippen molar-refractivity contribution < 1.29 is 9.68 Å². The van der Waals surface area contributed by atoms with Gasteiger partial charge in [-0.25, -0.2) is 0 Å². The van der Waals surface area contributed by atoms with Crippen LogP contribution in [0, 0.1) is 6.92 Å². The molecule has 58 valence electrons. The van der Waals surface area contributed by atoms with Crippen molar-refractivity contribution in [1.82, 2.24) is 0 Å². The van der Waals surface area contributed by atoms with Gasteiger partial charge in [-0.05, 0) is 30.7 Å². The van der Waals surface area contributed by atoms with Gasteiger partial charge in [0.15, 0.2) is 0 Å². The van der Waals surface area contributed by atoms with E-state index >= 15 is 0 Å². The fraction of sp³-hybridized carbons (Fsp3) is 0.143. The first-order valence-corrected chi connectivity index (χ1v) is 4.02. The molecule has 0 radical (unpaired) electrons. The molecule has 0 atom stereocenters. The smallest absolute Gasteiger partial charge is 0.504 e. The van der Waals surface area contributed by atoms with E-state index in [1.54, 1.807) is 0 Å². The molecule has 0 aliphatic heterocycles. The Balaban J connectivity index is 2.89. The van der Waals surface area contributed by atoms with E-state index < -0.39 is 0 Å². The molecule has 11 heavy (non-hydrogen) atoms. The zero-order valence-electron chi connectivity index (χ0n) is 6.17. The largest absolute Gasteiger partial charge is 0.539 e. The zero-order chi connectivity index (χ0) is 8.27. The Morgan fingerprint density at radius 2 is 2.18 bits per heavy atom. The number of hydrogen-bond acceptors (Lipinski definition) is 2. The molecule has 0 heterocycles. The summed E-state index contributed by atoms with van der Waals surface area (Å²) in [4.78, 5) is 0. The number of halogens is 1. The van der Waals surface area contributed by atoms with Gasteiger partial charge in [0.1, 0.15) is 5.75 Å². The van der Waals surface area contributed by atoms with Crippen LogP contribution in [0.25, 0.3) is 0 Å². The molecule has 0 aliphatic carbocycles. The van der Waals surface area contributed by atoms with E-state index in [9.17, 15) is 0 Å². The minimum absolute atomic E-state index is 0.282. The van der Waals surface area contributed by atoms with Crippen LogP contribution in [0.4, 0.5) is 0 Å². The molecule has 0 unspecified atom stereocenters. The van der Waals surface area contributed by atoms with Gasteiger partial charge >= 0.3 is 7.69 Å². The Morgan fingerprint density at radius 3 is 2.73 bits per heavy atom. The summed E-state index contributed by atoms with van der Waals surface area (Å²) in [5.41, 5.74) is 1.10. The third kappa shape index (κ3) is 2.56. The lowest BCUT2D eigenvalue weighted by molar-refractivity contribution is 0.453. The maximum atomic E-state index is 8.46. The molecule has 1 aromatic rings. The molecule has 0 saturated heterocycles. The van der Waals surface area contributed by atoms with E-state index in [4.69, 9.17) is 9.68 Å². The maximum absolute atomic E-state index is 8.46. The van der Waals surface area contributed by atoms with Crippen molar-refractivity contribution in [2.45, 2.75) is 6.92 Å². The van der Waals surface area contributed by atoms with E-state index in [0.717, 1.165) is 10.0 Å². The van der Waals surface area contributed by atoms with E-state index in [1.165, 1.54) is 0 Å². The maximum Gasteiger partial charge on any atom is 0.504 e. The first-order valence-electron chi connectivity index (χ1n) is 3.23. The normalized spacial score (nSPS) is 9.36. The molecule has 0 bridgehead atoms. The molecule has 0 aliphatic rings. The highest BCUT2D eigenvalue weighted by Crippen LogP contribution is 2.20. The molecule has 1 aromatic carbocycles. The molecule has 1 rings (SSSR count). The Hall–Kier alpha value is -0.475.